The van der Waals surface area contributed by atoms with E-state index < -0.39 is 0 Å². The lowest BCUT2D eigenvalue weighted by Crippen LogP contribution is -2.45. The second-order valence-electron chi connectivity index (χ2n) is 5.65. The van der Waals surface area contributed by atoms with Crippen molar-refractivity contribution >= 4 is 0 Å². The number of aromatic hydroxyl groups is 1. The molecule has 2 heteroatoms. The van der Waals surface area contributed by atoms with Gasteiger partial charge in [0.25, 0.3) is 0 Å². The van der Waals surface area contributed by atoms with E-state index in [0.717, 1.165) is 18.4 Å². The largest absolute Gasteiger partial charge is 0.508 e. The SMILES string of the molecule is CC1CC(C)C(C)N(Cc2ccc(O)cc2)C1. The van der Waals surface area contributed by atoms with Gasteiger partial charge in [-0.1, -0.05) is 26.0 Å². The summed E-state index contributed by atoms with van der Waals surface area (Å²) < 4.78 is 0. The Morgan fingerprint density at radius 2 is 1.82 bits per heavy atom. The van der Waals surface area contributed by atoms with Crippen molar-refractivity contribution in [1.29, 1.82) is 0 Å². The van der Waals surface area contributed by atoms with Crippen LogP contribution in [-0.4, -0.2) is 22.6 Å². The van der Waals surface area contributed by atoms with Crippen LogP contribution in [0.2, 0.25) is 0 Å². The monoisotopic (exact) mass is 233 g/mol. The van der Waals surface area contributed by atoms with Gasteiger partial charge >= 0.3 is 0 Å². The predicted molar refractivity (Wildman–Crippen MR) is 70.9 cm³/mol. The van der Waals surface area contributed by atoms with E-state index in [1.807, 2.05) is 12.1 Å². The topological polar surface area (TPSA) is 23.5 Å². The number of phenols is 1. The number of rotatable bonds is 2. The Kier molecular flexibility index (Phi) is 3.72. The van der Waals surface area contributed by atoms with Crippen molar-refractivity contribution in [2.75, 3.05) is 6.54 Å². The van der Waals surface area contributed by atoms with Gasteiger partial charge in [0.1, 0.15) is 5.75 Å². The van der Waals surface area contributed by atoms with Crippen LogP contribution in [0.1, 0.15) is 32.8 Å². The van der Waals surface area contributed by atoms with E-state index in [0.29, 0.717) is 11.8 Å². The molecule has 3 atom stereocenters. The maximum absolute atomic E-state index is 9.29. The lowest BCUT2D eigenvalue weighted by Gasteiger charge is -2.41. The van der Waals surface area contributed by atoms with E-state index in [4.69, 9.17) is 0 Å². The molecule has 1 aliphatic heterocycles. The summed E-state index contributed by atoms with van der Waals surface area (Å²) in [5.41, 5.74) is 1.29. The molecule has 1 N–H and O–H groups in total. The number of hydrogen-bond donors (Lipinski definition) is 1. The summed E-state index contributed by atoms with van der Waals surface area (Å²) in [5.74, 6) is 1.91. The van der Waals surface area contributed by atoms with Crippen molar-refractivity contribution < 1.29 is 5.11 Å². The zero-order valence-electron chi connectivity index (χ0n) is 11.1. The van der Waals surface area contributed by atoms with Crippen LogP contribution < -0.4 is 0 Å². The summed E-state index contributed by atoms with van der Waals surface area (Å²) in [4.78, 5) is 2.56. The third kappa shape index (κ3) is 3.01. The first kappa shape index (κ1) is 12.4. The van der Waals surface area contributed by atoms with Crippen LogP contribution in [0.5, 0.6) is 5.75 Å². The molecule has 2 nitrogen and oxygen atoms in total. The lowest BCUT2D eigenvalue weighted by molar-refractivity contribution is 0.0729. The second kappa shape index (κ2) is 5.09. The first-order chi connectivity index (χ1) is 8.06. The van der Waals surface area contributed by atoms with Gasteiger partial charge in [0.05, 0.1) is 0 Å². The molecule has 1 heterocycles. The fourth-order valence-corrected chi connectivity index (χ4v) is 2.88. The Morgan fingerprint density at radius 1 is 1.18 bits per heavy atom. The highest BCUT2D eigenvalue weighted by Crippen LogP contribution is 2.28. The molecule has 1 aliphatic rings. The highest BCUT2D eigenvalue weighted by Gasteiger charge is 2.28. The number of phenolic OH excluding ortho intramolecular Hbond substituents is 1. The Labute approximate surface area is 104 Å². The average Bonchev–Trinajstić information content (AvgIpc) is 2.28. The Morgan fingerprint density at radius 3 is 2.47 bits per heavy atom. The third-order valence-electron chi connectivity index (χ3n) is 4.04. The average molecular weight is 233 g/mol. The molecule has 2 rings (SSSR count). The third-order valence-corrected chi connectivity index (χ3v) is 4.04. The van der Waals surface area contributed by atoms with Gasteiger partial charge in [-0.05, 0) is 42.9 Å². The molecular formula is C15H23NO. The van der Waals surface area contributed by atoms with Crippen molar-refractivity contribution in [3.63, 3.8) is 0 Å². The van der Waals surface area contributed by atoms with E-state index in [1.165, 1.54) is 18.5 Å². The highest BCUT2D eigenvalue weighted by atomic mass is 16.3. The molecule has 0 aromatic heterocycles. The van der Waals surface area contributed by atoms with Gasteiger partial charge in [-0.2, -0.15) is 0 Å². The minimum Gasteiger partial charge on any atom is -0.508 e. The molecule has 1 aromatic rings. The number of benzene rings is 1. The molecular weight excluding hydrogens is 210 g/mol. The maximum Gasteiger partial charge on any atom is 0.115 e. The van der Waals surface area contributed by atoms with Crippen LogP contribution in [0.15, 0.2) is 24.3 Å². The standard InChI is InChI=1S/C15H23NO/c1-11-8-12(2)13(3)16(9-11)10-14-4-6-15(17)7-5-14/h4-7,11-13,17H,8-10H2,1-3H3. The zero-order chi connectivity index (χ0) is 12.4. The lowest BCUT2D eigenvalue weighted by atomic mass is 9.86. The van der Waals surface area contributed by atoms with Gasteiger partial charge in [-0.3, -0.25) is 4.90 Å². The maximum atomic E-state index is 9.29. The number of piperidine rings is 1. The molecule has 17 heavy (non-hydrogen) atoms. The normalized spacial score (nSPS) is 30.4. The van der Waals surface area contributed by atoms with E-state index in [2.05, 4.69) is 25.7 Å². The first-order valence-corrected chi connectivity index (χ1v) is 6.58. The number of likely N-dealkylation sites (tertiary alicyclic amines) is 1. The van der Waals surface area contributed by atoms with Crippen LogP contribution >= 0.6 is 0 Å². The number of nitrogens with zero attached hydrogens (tertiary/aromatic N) is 1. The van der Waals surface area contributed by atoms with Crippen molar-refractivity contribution in [3.8, 4) is 5.75 Å². The summed E-state index contributed by atoms with van der Waals surface area (Å²) in [7, 11) is 0. The van der Waals surface area contributed by atoms with Gasteiger partial charge < -0.3 is 5.11 Å². The van der Waals surface area contributed by atoms with E-state index in [-0.39, 0.29) is 0 Å². The van der Waals surface area contributed by atoms with Gasteiger partial charge in [-0.15, -0.1) is 0 Å². The van der Waals surface area contributed by atoms with Crippen LogP contribution in [-0.2, 0) is 6.54 Å². The predicted octanol–water partition coefficient (Wildman–Crippen LogP) is 3.26. The molecule has 0 spiro atoms. The van der Waals surface area contributed by atoms with Crippen LogP contribution in [0.3, 0.4) is 0 Å². The van der Waals surface area contributed by atoms with E-state index in [9.17, 15) is 5.11 Å². The molecule has 3 unspecified atom stereocenters. The molecule has 1 saturated heterocycles. The summed E-state index contributed by atoms with van der Waals surface area (Å²) >= 11 is 0. The zero-order valence-corrected chi connectivity index (χ0v) is 11.1. The molecule has 1 aromatic carbocycles. The second-order valence-corrected chi connectivity index (χ2v) is 5.65. The fraction of sp³-hybridized carbons (Fsp3) is 0.600. The van der Waals surface area contributed by atoms with Crippen molar-refractivity contribution in [2.24, 2.45) is 11.8 Å². The quantitative estimate of drug-likeness (QED) is 0.847. The molecule has 0 amide bonds. The Hall–Kier alpha value is -1.02. The Balaban J connectivity index is 2.04. The van der Waals surface area contributed by atoms with Crippen molar-refractivity contribution in [1.82, 2.24) is 4.90 Å². The summed E-state index contributed by atoms with van der Waals surface area (Å²) in [6, 6.07) is 8.24. The van der Waals surface area contributed by atoms with Gasteiger partial charge in [-0.25, -0.2) is 0 Å². The molecule has 0 radical (unpaired) electrons. The van der Waals surface area contributed by atoms with Crippen LogP contribution in [0.4, 0.5) is 0 Å². The van der Waals surface area contributed by atoms with Crippen molar-refractivity contribution in [3.05, 3.63) is 29.8 Å². The molecule has 0 saturated carbocycles. The van der Waals surface area contributed by atoms with Crippen molar-refractivity contribution in [2.45, 2.75) is 39.8 Å². The van der Waals surface area contributed by atoms with E-state index in [1.54, 1.807) is 12.1 Å². The summed E-state index contributed by atoms with van der Waals surface area (Å²) in [6.07, 6.45) is 1.34. The molecule has 0 aliphatic carbocycles. The fourth-order valence-electron chi connectivity index (χ4n) is 2.88. The minimum absolute atomic E-state index is 0.349. The molecule has 1 fully saturated rings. The van der Waals surface area contributed by atoms with E-state index >= 15 is 0 Å². The Bertz CT molecular complexity index is 360. The molecule has 0 bridgehead atoms. The van der Waals surface area contributed by atoms with Gasteiger partial charge in [0, 0.05) is 19.1 Å². The molecule has 94 valence electrons. The minimum atomic E-state index is 0.349. The summed E-state index contributed by atoms with van der Waals surface area (Å²) in [6.45, 7) is 9.20. The highest BCUT2D eigenvalue weighted by molar-refractivity contribution is 5.25. The van der Waals surface area contributed by atoms with Gasteiger partial charge in [0.2, 0.25) is 0 Å². The van der Waals surface area contributed by atoms with Crippen LogP contribution in [0.25, 0.3) is 0 Å². The number of hydrogen-bond acceptors (Lipinski definition) is 2. The van der Waals surface area contributed by atoms with Crippen LogP contribution in [0, 0.1) is 11.8 Å². The smallest absolute Gasteiger partial charge is 0.115 e. The van der Waals surface area contributed by atoms with Gasteiger partial charge in [0.15, 0.2) is 0 Å². The summed E-state index contributed by atoms with van der Waals surface area (Å²) in [5, 5.41) is 9.29. The first-order valence-electron chi connectivity index (χ1n) is 6.58.